The van der Waals surface area contributed by atoms with Crippen molar-refractivity contribution >= 4 is 35.1 Å². The van der Waals surface area contributed by atoms with E-state index in [1.807, 2.05) is 81.3 Å². The van der Waals surface area contributed by atoms with Crippen molar-refractivity contribution in [3.05, 3.63) is 105 Å². The molecule has 51 heavy (non-hydrogen) atoms. The van der Waals surface area contributed by atoms with Gasteiger partial charge in [0.2, 0.25) is 5.72 Å². The van der Waals surface area contributed by atoms with Crippen LogP contribution in [-0.2, 0) is 47.0 Å². The number of anilines is 1. The highest BCUT2D eigenvalue weighted by molar-refractivity contribution is 6.36. The fourth-order valence-electron chi connectivity index (χ4n) is 6.53. The molecule has 1 amide bonds. The normalized spacial score (nSPS) is 17.3. The summed E-state index contributed by atoms with van der Waals surface area (Å²) in [5.74, 6) is -1.98. The Morgan fingerprint density at radius 3 is 2.37 bits per heavy atom. The molecule has 0 fully saturated rings. The average Bonchev–Trinajstić information content (AvgIpc) is 3.29. The Labute approximate surface area is 296 Å². The van der Waals surface area contributed by atoms with Crippen molar-refractivity contribution in [1.29, 1.82) is 0 Å². The summed E-state index contributed by atoms with van der Waals surface area (Å²) >= 11 is 0. The molecule has 13 heteroatoms. The van der Waals surface area contributed by atoms with Crippen LogP contribution in [0.15, 0.2) is 66.7 Å². The highest BCUT2D eigenvalue weighted by Crippen LogP contribution is 2.55. The molecule has 5 rings (SSSR count). The standard InChI is InChI=1S/C38H43N3O10/c1-6-48-16-17-49-18-19-50-24-28-22-29(41(45)46)21-26-14-15-38(51-34(26)28)37(2,3)30-23-27(12-13-32(30)40(38)4)35(43)39-31(33(42)36(44)47-5)20-25-10-8-7-9-11-25/h7-15,21-23,31H,6,16-20,24H2,1-5H3,(H,39,43)/t31-,38?/m0/s1. The number of ether oxygens (including phenoxy) is 5. The van der Waals surface area contributed by atoms with Gasteiger partial charge in [0.25, 0.3) is 17.4 Å². The van der Waals surface area contributed by atoms with E-state index < -0.39 is 39.8 Å². The van der Waals surface area contributed by atoms with Crippen LogP contribution in [0.2, 0.25) is 0 Å². The van der Waals surface area contributed by atoms with E-state index in [9.17, 15) is 24.5 Å². The summed E-state index contributed by atoms with van der Waals surface area (Å²) in [5, 5.41) is 14.6. The molecule has 0 aliphatic carbocycles. The highest BCUT2D eigenvalue weighted by atomic mass is 16.6. The van der Waals surface area contributed by atoms with Crippen molar-refractivity contribution in [2.24, 2.45) is 0 Å². The number of nitro groups is 1. The van der Waals surface area contributed by atoms with Gasteiger partial charge in [0.1, 0.15) is 11.8 Å². The number of hydrogen-bond acceptors (Lipinski definition) is 11. The third-order valence-electron chi connectivity index (χ3n) is 9.32. The smallest absolute Gasteiger partial charge is 0.376 e. The number of amides is 1. The molecule has 13 nitrogen and oxygen atoms in total. The monoisotopic (exact) mass is 701 g/mol. The molecular weight excluding hydrogens is 658 g/mol. The lowest BCUT2D eigenvalue weighted by atomic mass is 9.76. The Hall–Kier alpha value is -5.11. The van der Waals surface area contributed by atoms with Crippen LogP contribution in [0.1, 0.15) is 53.4 Å². The first-order valence-corrected chi connectivity index (χ1v) is 16.7. The summed E-state index contributed by atoms with van der Waals surface area (Å²) in [6, 6.07) is 16.1. The van der Waals surface area contributed by atoms with Crippen molar-refractivity contribution in [1.82, 2.24) is 5.32 Å². The first-order valence-electron chi connectivity index (χ1n) is 16.7. The van der Waals surface area contributed by atoms with E-state index in [1.165, 1.54) is 12.1 Å². The number of non-ortho nitro benzene ring substituents is 1. The predicted molar refractivity (Wildman–Crippen MR) is 189 cm³/mol. The van der Waals surface area contributed by atoms with Crippen LogP contribution < -0.4 is 15.0 Å². The van der Waals surface area contributed by atoms with Gasteiger partial charge in [-0.05, 0) is 62.2 Å². The predicted octanol–water partition coefficient (Wildman–Crippen LogP) is 4.78. The number of rotatable bonds is 16. The maximum absolute atomic E-state index is 13.7. The second-order valence-corrected chi connectivity index (χ2v) is 12.8. The number of likely N-dealkylation sites (N-methyl/N-ethyl adjacent to an activating group) is 1. The van der Waals surface area contributed by atoms with Crippen LogP contribution in [0.5, 0.6) is 5.75 Å². The van der Waals surface area contributed by atoms with Gasteiger partial charge in [-0.25, -0.2) is 4.79 Å². The fourth-order valence-corrected chi connectivity index (χ4v) is 6.53. The number of methoxy groups -OCH3 is 1. The molecule has 270 valence electrons. The van der Waals surface area contributed by atoms with Crippen molar-refractivity contribution in [3.63, 3.8) is 0 Å². The minimum Gasteiger partial charge on any atom is -0.463 e. The van der Waals surface area contributed by atoms with E-state index in [4.69, 9.17) is 18.9 Å². The van der Waals surface area contributed by atoms with Crippen LogP contribution in [0.3, 0.4) is 0 Å². The van der Waals surface area contributed by atoms with Gasteiger partial charge in [-0.1, -0.05) is 30.3 Å². The molecule has 3 aromatic rings. The van der Waals surface area contributed by atoms with Gasteiger partial charge in [-0.3, -0.25) is 19.7 Å². The Balaban J connectivity index is 1.39. The zero-order valence-corrected chi connectivity index (χ0v) is 29.4. The molecule has 2 heterocycles. The molecular formula is C38H43N3O10. The first kappa shape index (κ1) is 37.2. The Kier molecular flexibility index (Phi) is 11.5. The Morgan fingerprint density at radius 1 is 0.980 bits per heavy atom. The quantitative estimate of drug-likeness (QED) is 0.0721. The molecule has 0 radical (unpaired) electrons. The lowest BCUT2D eigenvalue weighted by Gasteiger charge is -2.46. The van der Waals surface area contributed by atoms with Gasteiger partial charge in [-0.2, -0.15) is 0 Å². The zero-order valence-electron chi connectivity index (χ0n) is 29.4. The van der Waals surface area contributed by atoms with Gasteiger partial charge in [-0.15, -0.1) is 0 Å². The molecule has 2 aliphatic rings. The first-order chi connectivity index (χ1) is 24.4. The number of esters is 1. The number of nitro benzene ring substituents is 1. The van der Waals surface area contributed by atoms with E-state index in [0.29, 0.717) is 43.3 Å². The van der Waals surface area contributed by atoms with Gasteiger partial charge in [0.05, 0.1) is 50.5 Å². The third kappa shape index (κ3) is 7.65. The fraction of sp³-hybridized carbons (Fsp3) is 0.395. The lowest BCUT2D eigenvalue weighted by Crippen LogP contribution is -2.58. The second-order valence-electron chi connectivity index (χ2n) is 12.8. The number of carbonyl (C=O) groups is 3. The lowest BCUT2D eigenvalue weighted by molar-refractivity contribution is -0.385. The van der Waals surface area contributed by atoms with Crippen LogP contribution in [-0.4, -0.2) is 81.5 Å². The molecule has 2 aliphatic heterocycles. The molecule has 0 aromatic heterocycles. The third-order valence-corrected chi connectivity index (χ3v) is 9.32. The minimum atomic E-state index is -1.14. The number of carbonyl (C=O) groups excluding carboxylic acids is 3. The number of nitrogens with zero attached hydrogens (tertiary/aromatic N) is 2. The van der Waals surface area contributed by atoms with Crippen molar-refractivity contribution in [2.45, 2.75) is 51.0 Å². The van der Waals surface area contributed by atoms with E-state index in [0.717, 1.165) is 23.9 Å². The Morgan fingerprint density at radius 2 is 1.69 bits per heavy atom. The second kappa shape index (κ2) is 15.8. The number of Topliss-reactive ketones (excluding diaryl/α,β-unsaturated/α-hetero) is 1. The van der Waals surface area contributed by atoms with Crippen LogP contribution >= 0.6 is 0 Å². The molecule has 1 N–H and O–H groups in total. The summed E-state index contributed by atoms with van der Waals surface area (Å²) < 4.78 is 28.2. The summed E-state index contributed by atoms with van der Waals surface area (Å²) in [6.07, 6.45) is 3.79. The van der Waals surface area contributed by atoms with Crippen LogP contribution in [0, 0.1) is 10.1 Å². The molecule has 1 spiro atoms. The van der Waals surface area contributed by atoms with Gasteiger partial charge < -0.3 is 33.9 Å². The van der Waals surface area contributed by atoms with Crippen molar-refractivity contribution in [3.8, 4) is 5.75 Å². The van der Waals surface area contributed by atoms with Gasteiger partial charge >= 0.3 is 5.97 Å². The van der Waals surface area contributed by atoms with Crippen LogP contribution in [0.25, 0.3) is 6.08 Å². The maximum atomic E-state index is 13.7. The number of fused-ring (bicyclic) bond motifs is 2. The highest BCUT2D eigenvalue weighted by Gasteiger charge is 2.58. The SMILES string of the molecule is CCOCCOCCOCc1cc([N+](=O)[O-])cc2c1OC1(C=C2)N(C)c2ccc(C(=O)N[C@@H](Cc3ccccc3)C(=O)C(=O)OC)cc2C1(C)C. The summed E-state index contributed by atoms with van der Waals surface area (Å²) in [4.78, 5) is 52.1. The van der Waals surface area contributed by atoms with E-state index >= 15 is 0 Å². The summed E-state index contributed by atoms with van der Waals surface area (Å²) in [7, 11) is 3.00. The summed E-state index contributed by atoms with van der Waals surface area (Å²) in [6.45, 7) is 8.08. The molecule has 1 unspecified atom stereocenters. The molecule has 0 saturated heterocycles. The number of benzene rings is 3. The minimum absolute atomic E-state index is 0.0542. The largest absolute Gasteiger partial charge is 0.463 e. The van der Waals surface area contributed by atoms with Crippen molar-refractivity contribution in [2.75, 3.05) is 52.1 Å². The average molecular weight is 702 g/mol. The molecule has 2 atom stereocenters. The zero-order chi connectivity index (χ0) is 36.8. The van der Waals surface area contributed by atoms with Crippen LogP contribution in [0.4, 0.5) is 11.4 Å². The maximum Gasteiger partial charge on any atom is 0.376 e. The Bertz CT molecular complexity index is 1810. The molecule has 0 saturated carbocycles. The van der Waals surface area contributed by atoms with Crippen molar-refractivity contribution < 1.29 is 43.0 Å². The van der Waals surface area contributed by atoms with Gasteiger partial charge in [0, 0.05) is 54.6 Å². The molecule has 0 bridgehead atoms. The van der Waals surface area contributed by atoms with E-state index in [2.05, 4.69) is 10.1 Å². The van der Waals surface area contributed by atoms with E-state index in [-0.39, 0.29) is 30.9 Å². The van der Waals surface area contributed by atoms with Gasteiger partial charge in [0.15, 0.2) is 0 Å². The number of nitrogens with one attached hydrogen (secondary N) is 1. The molecule has 3 aromatic carbocycles. The summed E-state index contributed by atoms with van der Waals surface area (Å²) in [5.41, 5.74) is 1.78. The van der Waals surface area contributed by atoms with E-state index in [1.54, 1.807) is 12.1 Å². The topological polar surface area (TPSA) is 156 Å². The number of hydrogen-bond donors (Lipinski definition) is 1. The number of ketones is 1.